The molecule has 9 heteroatoms. The molecule has 0 bridgehead atoms. The Morgan fingerprint density at radius 3 is 2.70 bits per heavy atom. The van der Waals surface area contributed by atoms with Gasteiger partial charge in [-0.05, 0) is 53.6 Å². The summed E-state index contributed by atoms with van der Waals surface area (Å²) in [6, 6.07) is 23.9. The maximum Gasteiger partial charge on any atom is 0.251 e. The monoisotopic (exact) mass is 530 g/mol. The molecule has 0 fully saturated rings. The van der Waals surface area contributed by atoms with Crippen molar-refractivity contribution >= 4 is 16.9 Å². The van der Waals surface area contributed by atoms with Gasteiger partial charge in [0.05, 0.1) is 36.1 Å². The number of methoxy groups -OCH3 is 1. The number of aromatic nitrogens is 5. The fourth-order valence-electron chi connectivity index (χ4n) is 4.71. The summed E-state index contributed by atoms with van der Waals surface area (Å²) in [5.41, 5.74) is 4.97. The lowest BCUT2D eigenvalue weighted by Crippen LogP contribution is -2.31. The van der Waals surface area contributed by atoms with E-state index in [1.54, 1.807) is 50.1 Å². The Kier molecular flexibility index (Phi) is 6.68. The Hall–Kier alpha value is -5.44. The molecule has 0 spiro atoms. The molecule has 1 amide bonds. The molecule has 3 aromatic heterocycles. The summed E-state index contributed by atoms with van der Waals surface area (Å²) in [4.78, 5) is 29.7. The maximum atomic E-state index is 13.4. The van der Waals surface area contributed by atoms with E-state index in [9.17, 15) is 9.90 Å². The number of pyridine rings is 1. The van der Waals surface area contributed by atoms with E-state index < -0.39 is 0 Å². The molecule has 6 rings (SSSR count). The van der Waals surface area contributed by atoms with Crippen molar-refractivity contribution < 1.29 is 14.6 Å². The van der Waals surface area contributed by atoms with E-state index in [0.29, 0.717) is 34.9 Å². The van der Waals surface area contributed by atoms with Crippen molar-refractivity contribution in [3.8, 4) is 34.1 Å². The highest BCUT2D eigenvalue weighted by molar-refractivity contribution is 5.98. The molecule has 0 aliphatic heterocycles. The van der Waals surface area contributed by atoms with Gasteiger partial charge in [-0.3, -0.25) is 4.79 Å². The van der Waals surface area contributed by atoms with E-state index in [0.717, 1.165) is 22.2 Å². The number of imidazole rings is 2. The molecule has 3 aromatic carbocycles. The lowest BCUT2D eigenvalue weighted by molar-refractivity contribution is 0.0932. The van der Waals surface area contributed by atoms with Crippen LogP contribution < -0.4 is 10.1 Å². The average Bonchev–Trinajstić information content (AvgIpc) is 3.67. The first-order valence-electron chi connectivity index (χ1n) is 12.7. The summed E-state index contributed by atoms with van der Waals surface area (Å²) in [5, 5.41) is 13.8. The Balaban J connectivity index is 1.29. The zero-order valence-electron chi connectivity index (χ0n) is 21.7. The highest BCUT2D eigenvalue weighted by Gasteiger charge is 2.18. The molecule has 0 aliphatic carbocycles. The highest BCUT2D eigenvalue weighted by atomic mass is 16.5. The fourth-order valence-corrected chi connectivity index (χ4v) is 4.71. The predicted molar refractivity (Wildman–Crippen MR) is 152 cm³/mol. The smallest absolute Gasteiger partial charge is 0.251 e. The third-order valence-corrected chi connectivity index (χ3v) is 6.73. The zero-order chi connectivity index (χ0) is 27.5. The van der Waals surface area contributed by atoms with Gasteiger partial charge in [0, 0.05) is 36.3 Å². The summed E-state index contributed by atoms with van der Waals surface area (Å²) >= 11 is 0. The number of phenolic OH excluding ortho intramolecular Hbond substituents is 1. The minimum Gasteiger partial charge on any atom is -0.507 e. The Bertz CT molecular complexity index is 1780. The van der Waals surface area contributed by atoms with E-state index in [2.05, 4.69) is 20.3 Å². The van der Waals surface area contributed by atoms with Crippen LogP contribution in [0.4, 0.5) is 0 Å². The van der Waals surface area contributed by atoms with Crippen LogP contribution in [0.5, 0.6) is 11.6 Å². The molecule has 9 nitrogen and oxygen atoms in total. The van der Waals surface area contributed by atoms with Crippen molar-refractivity contribution in [3.05, 3.63) is 115 Å². The van der Waals surface area contributed by atoms with Crippen LogP contribution in [0.2, 0.25) is 0 Å². The molecule has 0 aliphatic rings. The fraction of sp³-hybridized carbons (Fsp3) is 0.0968. The third-order valence-electron chi connectivity index (χ3n) is 6.73. The van der Waals surface area contributed by atoms with Crippen LogP contribution in [0.3, 0.4) is 0 Å². The SMILES string of the molecule is COc1ncccc1-c1ccc(O)c(-c2nc3cc(C(=O)NC(Cn4ccnc4)c4ccccc4)ccc3[nH]2)c1. The van der Waals surface area contributed by atoms with Gasteiger partial charge in [-0.1, -0.05) is 36.4 Å². The molecular weight excluding hydrogens is 504 g/mol. The average molecular weight is 531 g/mol. The number of benzene rings is 3. The summed E-state index contributed by atoms with van der Waals surface area (Å²) in [5.74, 6) is 0.834. The first kappa shape index (κ1) is 24.9. The summed E-state index contributed by atoms with van der Waals surface area (Å²) in [6.45, 7) is 0.544. The number of aromatic hydroxyl groups is 1. The normalized spacial score (nSPS) is 11.8. The van der Waals surface area contributed by atoms with Gasteiger partial charge in [0.15, 0.2) is 0 Å². The minimum atomic E-state index is -0.252. The molecule has 6 aromatic rings. The Morgan fingerprint density at radius 1 is 1.02 bits per heavy atom. The van der Waals surface area contributed by atoms with Gasteiger partial charge >= 0.3 is 0 Å². The Morgan fingerprint density at radius 2 is 1.90 bits per heavy atom. The van der Waals surface area contributed by atoms with Crippen LogP contribution in [0, 0.1) is 0 Å². The number of nitrogens with one attached hydrogen (secondary N) is 2. The number of fused-ring (bicyclic) bond motifs is 1. The quantitative estimate of drug-likeness (QED) is 0.243. The zero-order valence-corrected chi connectivity index (χ0v) is 21.7. The topological polar surface area (TPSA) is 118 Å². The van der Waals surface area contributed by atoms with Gasteiger partial charge in [0.2, 0.25) is 5.88 Å². The lowest BCUT2D eigenvalue weighted by atomic mass is 10.0. The number of rotatable bonds is 8. The largest absolute Gasteiger partial charge is 0.507 e. The van der Waals surface area contributed by atoms with Gasteiger partial charge in [-0.25, -0.2) is 15.0 Å². The molecule has 198 valence electrons. The van der Waals surface area contributed by atoms with Crippen LogP contribution in [-0.4, -0.2) is 42.6 Å². The van der Waals surface area contributed by atoms with Crippen LogP contribution in [0.15, 0.2) is 104 Å². The lowest BCUT2D eigenvalue weighted by Gasteiger charge is -2.20. The van der Waals surface area contributed by atoms with E-state index in [4.69, 9.17) is 9.72 Å². The van der Waals surface area contributed by atoms with Crippen molar-refractivity contribution in [1.82, 2.24) is 29.8 Å². The van der Waals surface area contributed by atoms with Crippen LogP contribution >= 0.6 is 0 Å². The van der Waals surface area contributed by atoms with Gasteiger partial charge in [-0.2, -0.15) is 0 Å². The molecule has 0 saturated carbocycles. The molecule has 3 heterocycles. The standard InChI is InChI=1S/C31H26N6O3/c1-40-31-23(8-5-13-33-31)21-10-12-28(38)24(16-21)29-34-25-11-9-22(17-26(25)35-29)30(39)36-27(18-37-15-14-32-19-37)20-6-3-2-4-7-20/h2-17,19,27,38H,18H2,1H3,(H,34,35)(H,36,39). The molecule has 1 atom stereocenters. The first-order valence-corrected chi connectivity index (χ1v) is 12.7. The van der Waals surface area contributed by atoms with Gasteiger partial charge < -0.3 is 24.7 Å². The number of carbonyl (C=O) groups is 1. The summed E-state index contributed by atoms with van der Waals surface area (Å²) < 4.78 is 7.34. The molecule has 40 heavy (non-hydrogen) atoms. The van der Waals surface area contributed by atoms with Crippen molar-refractivity contribution in [2.45, 2.75) is 12.6 Å². The highest BCUT2D eigenvalue weighted by Crippen LogP contribution is 2.35. The molecule has 3 N–H and O–H groups in total. The van der Waals surface area contributed by atoms with Crippen molar-refractivity contribution in [3.63, 3.8) is 0 Å². The number of phenols is 1. The summed E-state index contributed by atoms with van der Waals surface area (Å²) in [6.07, 6.45) is 6.98. The van der Waals surface area contributed by atoms with Gasteiger partial charge in [0.25, 0.3) is 5.91 Å². The van der Waals surface area contributed by atoms with E-state index >= 15 is 0 Å². The second-order valence-corrected chi connectivity index (χ2v) is 9.31. The van der Waals surface area contributed by atoms with Crippen LogP contribution in [0.25, 0.3) is 33.5 Å². The van der Waals surface area contributed by atoms with E-state index in [1.807, 2.05) is 65.4 Å². The second kappa shape index (κ2) is 10.7. The summed E-state index contributed by atoms with van der Waals surface area (Å²) in [7, 11) is 1.57. The third kappa shape index (κ3) is 5.00. The molecule has 1 unspecified atom stereocenters. The van der Waals surface area contributed by atoms with Crippen LogP contribution in [-0.2, 0) is 6.54 Å². The number of amides is 1. The number of aromatic amines is 1. The minimum absolute atomic E-state index is 0.0776. The van der Waals surface area contributed by atoms with E-state index in [-0.39, 0.29) is 17.7 Å². The van der Waals surface area contributed by atoms with E-state index in [1.165, 1.54) is 0 Å². The van der Waals surface area contributed by atoms with Gasteiger partial charge in [-0.15, -0.1) is 0 Å². The molecule has 0 saturated heterocycles. The number of hydrogen-bond donors (Lipinski definition) is 3. The second-order valence-electron chi connectivity index (χ2n) is 9.31. The maximum absolute atomic E-state index is 13.4. The first-order chi connectivity index (χ1) is 19.6. The number of ether oxygens (including phenoxy) is 1. The number of nitrogens with zero attached hydrogens (tertiary/aromatic N) is 4. The molecular formula is C31H26N6O3. The van der Waals surface area contributed by atoms with Crippen molar-refractivity contribution in [2.75, 3.05) is 7.11 Å². The van der Waals surface area contributed by atoms with Crippen LogP contribution in [0.1, 0.15) is 22.0 Å². The number of hydrogen-bond acceptors (Lipinski definition) is 6. The molecule has 0 radical (unpaired) electrons. The van der Waals surface area contributed by atoms with Crippen molar-refractivity contribution in [1.29, 1.82) is 0 Å². The van der Waals surface area contributed by atoms with Crippen molar-refractivity contribution in [2.24, 2.45) is 0 Å². The predicted octanol–water partition coefficient (Wildman–Crippen LogP) is 5.37. The number of H-pyrrole nitrogens is 1. The Labute approximate surface area is 230 Å². The van der Waals surface area contributed by atoms with Gasteiger partial charge in [0.1, 0.15) is 11.6 Å². The number of carbonyl (C=O) groups excluding carboxylic acids is 1.